The fourth-order valence-corrected chi connectivity index (χ4v) is 3.14. The van der Waals surface area contributed by atoms with E-state index in [1.165, 1.54) is 16.0 Å². The van der Waals surface area contributed by atoms with Gasteiger partial charge in [-0.15, -0.1) is 11.3 Å². The van der Waals surface area contributed by atoms with Gasteiger partial charge in [-0.2, -0.15) is 0 Å². The van der Waals surface area contributed by atoms with E-state index >= 15 is 0 Å². The average molecular weight is 260 g/mol. The van der Waals surface area contributed by atoms with Gasteiger partial charge < -0.3 is 5.73 Å². The van der Waals surface area contributed by atoms with Crippen LogP contribution in [0.15, 0.2) is 24.3 Å². The molecule has 0 amide bonds. The molecule has 1 aromatic heterocycles. The summed E-state index contributed by atoms with van der Waals surface area (Å²) in [5, 5.41) is 1.12. The zero-order chi connectivity index (χ0) is 13.1. The van der Waals surface area contributed by atoms with Gasteiger partial charge >= 0.3 is 0 Å². The Labute approximate surface area is 113 Å². The van der Waals surface area contributed by atoms with Crippen molar-refractivity contribution in [3.63, 3.8) is 0 Å². The smallest absolute Gasteiger partial charge is 0.123 e. The molecule has 1 aromatic carbocycles. The summed E-state index contributed by atoms with van der Waals surface area (Å²) in [5.74, 6) is 0.523. The Morgan fingerprint density at radius 2 is 2.11 bits per heavy atom. The summed E-state index contributed by atoms with van der Waals surface area (Å²) in [6.45, 7) is 7.12. The number of rotatable bonds is 4. The van der Waals surface area contributed by atoms with Crippen LogP contribution in [-0.4, -0.2) is 11.5 Å². The Morgan fingerprint density at radius 3 is 2.78 bits per heavy atom. The van der Waals surface area contributed by atoms with Crippen LogP contribution in [0.2, 0.25) is 0 Å². The number of nitrogens with two attached hydrogens (primary N) is 1. The fraction of sp³-hybridized carbons (Fsp3) is 0.400. The fourth-order valence-electron chi connectivity index (χ4n) is 1.92. The lowest BCUT2D eigenvalue weighted by molar-refractivity contribution is 0.596. The van der Waals surface area contributed by atoms with Crippen molar-refractivity contribution in [3.8, 4) is 10.6 Å². The molecule has 0 saturated carbocycles. The minimum Gasteiger partial charge on any atom is -0.330 e. The first-order valence-corrected chi connectivity index (χ1v) is 7.15. The summed E-state index contributed by atoms with van der Waals surface area (Å²) in [6, 6.07) is 8.51. The van der Waals surface area contributed by atoms with Crippen molar-refractivity contribution in [2.45, 2.75) is 27.2 Å². The number of hydrogen-bond donors (Lipinski definition) is 1. The van der Waals surface area contributed by atoms with Gasteiger partial charge in [-0.05, 0) is 38.8 Å². The third kappa shape index (κ3) is 2.98. The molecule has 96 valence electrons. The van der Waals surface area contributed by atoms with Crippen LogP contribution in [0.4, 0.5) is 0 Å². The van der Waals surface area contributed by atoms with E-state index in [1.807, 2.05) is 0 Å². The molecule has 2 rings (SSSR count). The van der Waals surface area contributed by atoms with Crippen molar-refractivity contribution in [2.24, 2.45) is 11.7 Å². The highest BCUT2D eigenvalue weighted by Gasteiger charge is 2.11. The predicted molar refractivity (Wildman–Crippen MR) is 78.9 cm³/mol. The third-order valence-electron chi connectivity index (χ3n) is 3.09. The second kappa shape index (κ2) is 5.63. The molecule has 1 heterocycles. The van der Waals surface area contributed by atoms with Crippen LogP contribution in [0.3, 0.4) is 0 Å². The van der Waals surface area contributed by atoms with Gasteiger partial charge in [-0.3, -0.25) is 0 Å². The monoisotopic (exact) mass is 260 g/mol. The normalized spacial score (nSPS) is 12.7. The van der Waals surface area contributed by atoms with Gasteiger partial charge in [0.1, 0.15) is 5.01 Å². The van der Waals surface area contributed by atoms with E-state index in [-0.39, 0.29) is 0 Å². The van der Waals surface area contributed by atoms with Gasteiger partial charge in [0.05, 0.1) is 5.69 Å². The highest BCUT2D eigenvalue weighted by molar-refractivity contribution is 7.15. The van der Waals surface area contributed by atoms with Crippen molar-refractivity contribution >= 4 is 11.3 Å². The topological polar surface area (TPSA) is 38.9 Å². The maximum Gasteiger partial charge on any atom is 0.123 e. The van der Waals surface area contributed by atoms with E-state index < -0.39 is 0 Å². The molecule has 0 fully saturated rings. The van der Waals surface area contributed by atoms with Gasteiger partial charge in [-0.25, -0.2) is 4.98 Å². The summed E-state index contributed by atoms with van der Waals surface area (Å²) >= 11 is 1.80. The van der Waals surface area contributed by atoms with Crippen molar-refractivity contribution in [1.29, 1.82) is 0 Å². The Hall–Kier alpha value is -1.19. The van der Waals surface area contributed by atoms with E-state index in [0.717, 1.165) is 23.7 Å². The molecule has 0 radical (unpaired) electrons. The highest BCUT2D eigenvalue weighted by Crippen LogP contribution is 2.29. The van der Waals surface area contributed by atoms with Gasteiger partial charge in [-0.1, -0.05) is 30.7 Å². The lowest BCUT2D eigenvalue weighted by atomic mass is 10.1. The highest BCUT2D eigenvalue weighted by atomic mass is 32.1. The molecule has 1 unspecified atom stereocenters. The number of aryl methyl sites for hydroxylation is 2. The van der Waals surface area contributed by atoms with Crippen LogP contribution >= 0.6 is 11.3 Å². The molecule has 18 heavy (non-hydrogen) atoms. The first kappa shape index (κ1) is 13.2. The van der Waals surface area contributed by atoms with E-state index in [9.17, 15) is 0 Å². The molecule has 0 aliphatic heterocycles. The summed E-state index contributed by atoms with van der Waals surface area (Å²) in [6.07, 6.45) is 1.03. The Bertz CT molecular complexity index is 531. The van der Waals surface area contributed by atoms with Crippen LogP contribution in [-0.2, 0) is 6.42 Å². The summed E-state index contributed by atoms with van der Waals surface area (Å²) in [7, 11) is 0. The first-order chi connectivity index (χ1) is 8.60. The Morgan fingerprint density at radius 1 is 1.33 bits per heavy atom. The molecule has 0 aliphatic rings. The van der Waals surface area contributed by atoms with Gasteiger partial charge in [0.2, 0.25) is 0 Å². The minimum absolute atomic E-state index is 0.523. The molecule has 3 heteroatoms. The minimum atomic E-state index is 0.523. The largest absolute Gasteiger partial charge is 0.330 e. The second-order valence-electron chi connectivity index (χ2n) is 4.94. The van der Waals surface area contributed by atoms with Crippen molar-refractivity contribution in [1.82, 2.24) is 4.98 Å². The van der Waals surface area contributed by atoms with E-state index in [4.69, 9.17) is 5.73 Å². The molecular weight excluding hydrogens is 240 g/mol. The first-order valence-electron chi connectivity index (χ1n) is 6.33. The van der Waals surface area contributed by atoms with Gasteiger partial charge in [0, 0.05) is 10.4 Å². The lowest BCUT2D eigenvalue weighted by Gasteiger charge is -2.05. The molecule has 2 nitrogen and oxygen atoms in total. The molecule has 0 bridgehead atoms. The number of nitrogens with zero attached hydrogens (tertiary/aromatic N) is 1. The number of aromatic nitrogens is 1. The van der Waals surface area contributed by atoms with E-state index in [1.54, 1.807) is 11.3 Å². The van der Waals surface area contributed by atoms with Crippen LogP contribution in [0, 0.1) is 19.8 Å². The SMILES string of the molecule is Cc1cccc(-c2nc(C)c(CC(C)CN)s2)c1. The molecule has 0 saturated heterocycles. The standard InChI is InChI=1S/C15H20N2S/c1-10-5-4-6-13(7-10)15-17-12(3)14(18-15)8-11(2)9-16/h4-7,11H,8-9,16H2,1-3H3. The molecule has 0 aliphatic carbocycles. The predicted octanol–water partition coefficient (Wildman–Crippen LogP) is 3.56. The molecular formula is C15H20N2S. The lowest BCUT2D eigenvalue weighted by Crippen LogP contribution is -2.12. The number of thiazole rings is 1. The van der Waals surface area contributed by atoms with Crippen LogP contribution in [0.5, 0.6) is 0 Å². The molecule has 0 spiro atoms. The van der Waals surface area contributed by atoms with Crippen LogP contribution < -0.4 is 5.73 Å². The summed E-state index contributed by atoms with van der Waals surface area (Å²) < 4.78 is 0. The maximum atomic E-state index is 5.69. The van der Waals surface area contributed by atoms with Gasteiger partial charge in [0.25, 0.3) is 0 Å². The zero-order valence-electron chi connectivity index (χ0n) is 11.2. The van der Waals surface area contributed by atoms with Crippen molar-refractivity contribution in [3.05, 3.63) is 40.4 Å². The average Bonchev–Trinajstić information content (AvgIpc) is 2.71. The van der Waals surface area contributed by atoms with E-state index in [2.05, 4.69) is 50.0 Å². The number of benzene rings is 1. The Kier molecular flexibility index (Phi) is 4.15. The molecule has 2 N–H and O–H groups in total. The number of hydrogen-bond acceptors (Lipinski definition) is 3. The third-order valence-corrected chi connectivity index (χ3v) is 4.32. The van der Waals surface area contributed by atoms with Crippen LogP contribution in [0.1, 0.15) is 23.1 Å². The zero-order valence-corrected chi connectivity index (χ0v) is 12.1. The van der Waals surface area contributed by atoms with Crippen molar-refractivity contribution < 1.29 is 0 Å². The quantitative estimate of drug-likeness (QED) is 0.913. The van der Waals surface area contributed by atoms with E-state index in [0.29, 0.717) is 5.92 Å². The Balaban J connectivity index is 2.28. The second-order valence-corrected chi connectivity index (χ2v) is 6.03. The molecule has 1 atom stereocenters. The molecule has 2 aromatic rings. The summed E-state index contributed by atoms with van der Waals surface area (Å²) in [4.78, 5) is 6.05. The maximum absolute atomic E-state index is 5.69. The summed E-state index contributed by atoms with van der Waals surface area (Å²) in [5.41, 5.74) is 9.33. The van der Waals surface area contributed by atoms with Gasteiger partial charge in [0.15, 0.2) is 0 Å². The van der Waals surface area contributed by atoms with Crippen molar-refractivity contribution in [2.75, 3.05) is 6.54 Å². The van der Waals surface area contributed by atoms with Crippen LogP contribution in [0.25, 0.3) is 10.6 Å².